The highest BCUT2D eigenvalue weighted by atomic mass is 127. The van der Waals surface area contributed by atoms with Crippen molar-refractivity contribution in [3.63, 3.8) is 0 Å². The molecule has 0 spiro atoms. The van der Waals surface area contributed by atoms with Gasteiger partial charge in [0.2, 0.25) is 0 Å². The van der Waals surface area contributed by atoms with E-state index in [2.05, 4.69) is 440 Å². The van der Waals surface area contributed by atoms with Crippen molar-refractivity contribution in [2.24, 2.45) is 11.8 Å². The minimum absolute atomic E-state index is 0.0144. The Morgan fingerprint density at radius 1 is 0.449 bits per heavy atom. The molecule has 5 heterocycles. The summed E-state index contributed by atoms with van der Waals surface area (Å²) in [7, 11) is 2.91. The molecule has 0 aliphatic carbocycles. The highest BCUT2D eigenvalue weighted by molar-refractivity contribution is 14.2. The first-order valence-corrected chi connectivity index (χ1v) is 96.8. The lowest BCUT2D eigenvalue weighted by Crippen LogP contribution is -2.58. The van der Waals surface area contributed by atoms with Crippen LogP contribution in [0.5, 0.6) is 0 Å². The van der Waals surface area contributed by atoms with Crippen LogP contribution in [0, 0.1) is 11.8 Å². The predicted octanol–water partition coefficient (Wildman–Crippen LogP) is 13.8. The maximum Gasteiger partial charge on any atom is 0.166 e. The number of hydrogen-bond acceptors (Lipinski definition) is 13. The molecular weight excluding hydrogens is 2530 g/mol. The van der Waals surface area contributed by atoms with Gasteiger partial charge in [-0.3, -0.25) is 0 Å². The van der Waals surface area contributed by atoms with Crippen LogP contribution < -0.4 is 0 Å². The van der Waals surface area contributed by atoms with Crippen molar-refractivity contribution in [2.75, 3.05) is 123 Å². The summed E-state index contributed by atoms with van der Waals surface area (Å²) in [5.74, 6) is 4.40. The molecule has 0 aromatic heterocycles. The molecule has 5 fully saturated rings. The van der Waals surface area contributed by atoms with Gasteiger partial charge in [-0.2, -0.15) is 11.8 Å². The topological polar surface area (TPSA) is 44.9 Å². The van der Waals surface area contributed by atoms with Crippen molar-refractivity contribution in [2.45, 2.75) is 290 Å². The van der Waals surface area contributed by atoms with Gasteiger partial charge >= 0.3 is 0 Å². The highest BCUT2D eigenvalue weighted by Crippen LogP contribution is 2.37. The van der Waals surface area contributed by atoms with Gasteiger partial charge in [0.25, 0.3) is 0 Å². The Balaban J connectivity index is -0.000000328. The number of unbranched alkanes of at least 4 members (excludes halogenated alkanes) is 2. The van der Waals surface area contributed by atoms with E-state index in [9.17, 15) is 0 Å². The Kier molecular flexibility index (Phi) is 93.2. The van der Waals surface area contributed by atoms with Crippen molar-refractivity contribution in [1.82, 2.24) is 50.6 Å². The second-order valence-corrected chi connectivity index (χ2v) is 61.9. The number of hydrogen-bond donors (Lipinski definition) is 0. The third-order valence-corrected chi connectivity index (χ3v) is 58.3. The van der Waals surface area contributed by atoms with Crippen LogP contribution in [0.2, 0.25) is 0 Å². The van der Waals surface area contributed by atoms with Crippen LogP contribution in [0.25, 0.3) is 0 Å². The number of rotatable bonds is 30. The first-order valence-electron chi connectivity index (χ1n) is 38.2. The molecule has 5 saturated heterocycles. The molecule has 4 atom stereocenters. The molecule has 98 heavy (non-hydrogen) atoms. The van der Waals surface area contributed by atoms with Gasteiger partial charge in [0.15, 0.2) is 71.8 Å². The predicted molar refractivity (Wildman–Crippen MR) is 573 cm³/mol. The third kappa shape index (κ3) is 66.5. The first-order chi connectivity index (χ1) is 46.4. The molecule has 0 saturated carbocycles. The number of piperazine rings is 1. The maximum atomic E-state index is 5.18. The third-order valence-electron chi connectivity index (χ3n) is 18.4. The van der Waals surface area contributed by atoms with Crippen molar-refractivity contribution < 1.29 is 4.74 Å². The second-order valence-electron chi connectivity index (χ2n) is 29.6. The minimum Gasteiger partial charge on any atom is -0.379 e. The average Bonchev–Trinajstić information content (AvgIpc) is 0.803. The number of morpholine rings is 1. The molecular formula is C65H161I10N11OSSi10. The Hall–Kier alpha value is 9.34. The van der Waals surface area contributed by atoms with Gasteiger partial charge in [0.1, 0.15) is 0 Å². The van der Waals surface area contributed by atoms with Crippen molar-refractivity contribution in [3.05, 3.63) is 0 Å². The summed E-state index contributed by atoms with van der Waals surface area (Å²) >= 11 is 27.8. The molecule has 4 unspecified atom stereocenters. The Morgan fingerprint density at radius 3 is 1.08 bits per heavy atom. The highest BCUT2D eigenvalue weighted by Gasteiger charge is 2.40. The van der Waals surface area contributed by atoms with E-state index in [1.54, 1.807) is 0 Å². The number of nitrogens with zero attached hydrogens (tertiary/aromatic N) is 11. The van der Waals surface area contributed by atoms with E-state index in [0.717, 1.165) is 61.3 Å². The summed E-state index contributed by atoms with van der Waals surface area (Å²) in [4.78, 5) is 2.40. The van der Waals surface area contributed by atoms with E-state index in [0.29, 0.717) is 11.1 Å². The summed E-state index contributed by atoms with van der Waals surface area (Å²) in [6, 6.07) is 4.85. The second kappa shape index (κ2) is 78.8. The Morgan fingerprint density at radius 2 is 0.827 bits per heavy atom. The number of piperidine rings is 2. The summed E-state index contributed by atoms with van der Waals surface area (Å²) in [5.41, 5.74) is 0.935. The lowest BCUT2D eigenvalue weighted by molar-refractivity contribution is 0.0570. The van der Waals surface area contributed by atoms with Crippen molar-refractivity contribution >= 4 is 302 Å². The molecule has 5 aliphatic heterocycles. The van der Waals surface area contributed by atoms with Gasteiger partial charge < -0.3 is 55.3 Å². The molecule has 33 heteroatoms. The summed E-state index contributed by atoms with van der Waals surface area (Å²) in [6.45, 7) is 71.0. The molecule has 5 aliphatic rings. The fourth-order valence-electron chi connectivity index (χ4n) is 11.6. The number of likely N-dealkylation sites (N-methyl/N-ethyl adjacent to an activating group) is 1. The molecule has 598 valence electrons. The van der Waals surface area contributed by atoms with E-state index in [4.69, 9.17) is 4.74 Å². The molecule has 0 aromatic carbocycles. The summed E-state index contributed by atoms with van der Waals surface area (Å²) in [5, 5.41) is 0. The molecule has 12 nitrogen and oxygen atoms in total. The molecule has 0 aromatic rings. The number of ether oxygens (including phenoxy) is 1. The normalized spacial score (nSPS) is 21.1. The zero-order valence-corrected chi connectivity index (χ0v) is 104. The van der Waals surface area contributed by atoms with E-state index < -0.39 is 0 Å². The Bertz CT molecular complexity index is 1570. The number of thioether (sulfide) groups is 1. The first kappa shape index (κ1) is 116. The van der Waals surface area contributed by atoms with Gasteiger partial charge in [-0.05, 0) is 169 Å². The van der Waals surface area contributed by atoms with E-state index in [1.165, 1.54) is 193 Å². The van der Waals surface area contributed by atoms with Gasteiger partial charge in [0.05, 0.1) is 13.2 Å². The maximum absolute atomic E-state index is 5.18. The fourth-order valence-corrected chi connectivity index (χ4v) is 50.9. The van der Waals surface area contributed by atoms with Crippen LogP contribution in [0.15, 0.2) is 0 Å². The minimum atomic E-state index is -0.0368. The number of halogens is 10. The monoisotopic (exact) mass is 2690 g/mol. The zero-order valence-electron chi connectivity index (χ0n) is 67.8. The standard InChI is InChI=1S/C9H20INSi.3C8H20INSi.C7H16INSi.2C6H16INSi.C5H13IN2Si.C4H10INOSi.C4H10INSSi/c1-8(2)6-5-7-9(3,4)11(8)12-10;1-7(2)5-10(11-9)6-8(3)4;1-5-7(3)10(11-9)8(4)6-2;1-3-5-7-10(11-9)8-6-4-2;1-6-4-3-5-7(2)9(6)10-8;1-5(2)8(9-7)6(3)4;1-3-5-8(9-7)6-4-2;1-7-2-4-8(9-6)5-3-7;2*5-8-6-1-3-7-4-2-6/h5-7,12H2,1-4H3;2*7-8H,5-6,11H2,1-4H3;3-8,11H2,1-2H3;6-7H,3-5,10H2,1-2H3;5-6H,9H2,1-4H3;3-6,9H2,1-2H3;2-5,9H2,1H3;2*1-4,8H2. The summed E-state index contributed by atoms with van der Waals surface area (Å²) < 4.78 is 31.6. The lowest BCUT2D eigenvalue weighted by Gasteiger charge is -2.52. The fraction of sp³-hybridized carbons (Fsp3) is 1.00. The average molecular weight is 2700 g/mol. The molecule has 0 bridgehead atoms. The molecule has 0 N–H and O–H groups in total. The van der Waals surface area contributed by atoms with Crippen LogP contribution in [0.1, 0.15) is 242 Å². The van der Waals surface area contributed by atoms with Gasteiger partial charge in [-0.1, -0.05) is 144 Å². The summed E-state index contributed by atoms with van der Waals surface area (Å²) in [6.07, 6.45) is 19.2. The van der Waals surface area contributed by atoms with Crippen LogP contribution >= 0.6 is 230 Å². The van der Waals surface area contributed by atoms with Crippen LogP contribution in [-0.2, 0) is 4.74 Å². The van der Waals surface area contributed by atoms with Gasteiger partial charge in [-0.15, -0.1) is 218 Å². The Labute approximate surface area is 769 Å². The van der Waals surface area contributed by atoms with Crippen molar-refractivity contribution in [3.8, 4) is 0 Å². The quantitative estimate of drug-likeness (QED) is 0.0390. The molecule has 0 radical (unpaired) electrons. The van der Waals surface area contributed by atoms with Crippen LogP contribution in [0.4, 0.5) is 0 Å². The smallest absolute Gasteiger partial charge is 0.166 e. The van der Waals surface area contributed by atoms with Gasteiger partial charge in [-0.25, -0.2) is 0 Å². The SMILES string of the molecule is CC(C)CN(CC(C)C)[SiH2]I.CC(C)N([SiH2]I)C(C)C.CC1(C)CCCC(C)(C)N1[SiH2]I.CC1CCCC(C)N1[SiH2]I.CCC(C)N([SiH2]I)C(C)CC.CCCCN(CCCC)[SiH2]I.CCCN(CCC)[SiH2]I.CN1CCN([SiH2]I)CC1.I[SiH2]N1CCOCC1.I[SiH2]N1CCSCC1. The molecule has 0 amide bonds. The molecule has 5 rings (SSSR count). The van der Waals surface area contributed by atoms with E-state index >= 15 is 0 Å². The van der Waals surface area contributed by atoms with Crippen LogP contribution in [-0.4, -0.2) is 293 Å². The van der Waals surface area contributed by atoms with Gasteiger partial charge in [0, 0.05) is 99.1 Å². The van der Waals surface area contributed by atoms with E-state index in [-0.39, 0.29) is 71.8 Å². The zero-order chi connectivity index (χ0) is 76.1. The lowest BCUT2D eigenvalue weighted by atomic mass is 9.83. The van der Waals surface area contributed by atoms with Crippen LogP contribution in [0.3, 0.4) is 0 Å². The van der Waals surface area contributed by atoms with Crippen molar-refractivity contribution in [1.29, 1.82) is 0 Å². The van der Waals surface area contributed by atoms with E-state index in [1.807, 2.05) is 0 Å². The largest absolute Gasteiger partial charge is 0.379 e.